The predicted molar refractivity (Wildman–Crippen MR) is 105 cm³/mol. The summed E-state index contributed by atoms with van der Waals surface area (Å²) in [5.74, 6) is -0.388. The van der Waals surface area contributed by atoms with Crippen LogP contribution < -0.4 is 15.7 Å². The molecule has 1 N–H and O–H groups in total. The molecule has 3 rings (SSSR count). The van der Waals surface area contributed by atoms with E-state index < -0.39 is 11.6 Å². The molecule has 0 aliphatic carbocycles. The number of nitrogens with one attached hydrogen (secondary N) is 1. The van der Waals surface area contributed by atoms with E-state index in [1.807, 2.05) is 0 Å². The van der Waals surface area contributed by atoms with Gasteiger partial charge in [0.25, 0.3) is 0 Å². The number of nitrogens with zero attached hydrogens (tertiary/aromatic N) is 2. The van der Waals surface area contributed by atoms with Gasteiger partial charge < -0.3 is 10.1 Å². The standard InChI is InChI=1S/C21H27F2N3O2/c1-4-8-21(9-7-14(2)3)13-26-18(25-21)11-19(24-20(26)27)28-12-15-5-6-16(22)17(23)10-15/h5-6,10-11,14,25H,4,7-9,12-13H2,1-3H3. The topological polar surface area (TPSA) is 56.2 Å². The van der Waals surface area contributed by atoms with E-state index in [9.17, 15) is 13.6 Å². The third-order valence-electron chi connectivity index (χ3n) is 5.14. The molecule has 1 aliphatic rings. The number of hydrogen-bond acceptors (Lipinski definition) is 4. The van der Waals surface area contributed by atoms with Crippen LogP contribution in [0.5, 0.6) is 5.88 Å². The van der Waals surface area contributed by atoms with Gasteiger partial charge in [-0.25, -0.2) is 13.6 Å². The van der Waals surface area contributed by atoms with Crippen LogP contribution in [-0.2, 0) is 13.2 Å². The molecule has 0 fully saturated rings. The van der Waals surface area contributed by atoms with Gasteiger partial charge in [0.15, 0.2) is 11.6 Å². The second-order valence-corrected chi connectivity index (χ2v) is 7.97. The van der Waals surface area contributed by atoms with Crippen molar-refractivity contribution in [3.63, 3.8) is 0 Å². The highest BCUT2D eigenvalue weighted by Gasteiger charge is 2.37. The molecule has 0 spiro atoms. The van der Waals surface area contributed by atoms with E-state index in [0.29, 0.717) is 23.8 Å². The van der Waals surface area contributed by atoms with Gasteiger partial charge in [-0.2, -0.15) is 4.98 Å². The van der Waals surface area contributed by atoms with Crippen molar-refractivity contribution in [3.8, 4) is 5.88 Å². The molecule has 1 aliphatic heterocycles. The van der Waals surface area contributed by atoms with Gasteiger partial charge >= 0.3 is 5.69 Å². The summed E-state index contributed by atoms with van der Waals surface area (Å²) in [6.45, 7) is 7.12. The van der Waals surface area contributed by atoms with Crippen LogP contribution in [0.1, 0.15) is 52.0 Å². The molecule has 152 valence electrons. The fourth-order valence-electron chi connectivity index (χ4n) is 3.67. The van der Waals surface area contributed by atoms with Crippen molar-refractivity contribution < 1.29 is 13.5 Å². The SMILES string of the molecule is CCCC1(CCC(C)C)Cn2c(cc(OCc3ccc(F)c(F)c3)nc2=O)N1. The Balaban J connectivity index is 1.76. The summed E-state index contributed by atoms with van der Waals surface area (Å²) in [4.78, 5) is 16.5. The molecule has 1 aromatic heterocycles. The molecule has 7 heteroatoms. The van der Waals surface area contributed by atoms with Crippen molar-refractivity contribution in [3.05, 3.63) is 51.9 Å². The summed E-state index contributed by atoms with van der Waals surface area (Å²) >= 11 is 0. The van der Waals surface area contributed by atoms with Gasteiger partial charge in [0.1, 0.15) is 12.4 Å². The lowest BCUT2D eigenvalue weighted by atomic mass is 9.87. The van der Waals surface area contributed by atoms with Crippen molar-refractivity contribution >= 4 is 5.82 Å². The Morgan fingerprint density at radius 2 is 2.04 bits per heavy atom. The molecule has 28 heavy (non-hydrogen) atoms. The molecule has 0 radical (unpaired) electrons. The van der Waals surface area contributed by atoms with Crippen LogP contribution >= 0.6 is 0 Å². The predicted octanol–water partition coefficient (Wildman–Crippen LogP) is 4.50. The summed E-state index contributed by atoms with van der Waals surface area (Å²) in [7, 11) is 0. The number of anilines is 1. The summed E-state index contributed by atoms with van der Waals surface area (Å²) in [5.41, 5.74) is -0.0506. The Morgan fingerprint density at radius 1 is 1.25 bits per heavy atom. The number of fused-ring (bicyclic) bond motifs is 1. The van der Waals surface area contributed by atoms with E-state index in [2.05, 4.69) is 31.1 Å². The quantitative estimate of drug-likeness (QED) is 0.720. The Labute approximate surface area is 163 Å². The fraction of sp³-hybridized carbons (Fsp3) is 0.524. The largest absolute Gasteiger partial charge is 0.473 e. The zero-order valence-electron chi connectivity index (χ0n) is 16.6. The van der Waals surface area contributed by atoms with E-state index in [4.69, 9.17) is 4.74 Å². The highest BCUT2D eigenvalue weighted by molar-refractivity contribution is 5.45. The maximum Gasteiger partial charge on any atom is 0.352 e. The molecular weight excluding hydrogens is 364 g/mol. The van der Waals surface area contributed by atoms with E-state index in [0.717, 1.165) is 37.8 Å². The molecule has 1 atom stereocenters. The fourth-order valence-corrected chi connectivity index (χ4v) is 3.67. The lowest BCUT2D eigenvalue weighted by Gasteiger charge is -2.29. The van der Waals surface area contributed by atoms with Crippen LogP contribution in [0.15, 0.2) is 29.1 Å². The molecular formula is C21H27F2N3O2. The zero-order chi connectivity index (χ0) is 20.3. The monoisotopic (exact) mass is 391 g/mol. The molecule has 2 heterocycles. The maximum atomic E-state index is 13.3. The smallest absolute Gasteiger partial charge is 0.352 e. The molecule has 0 saturated carbocycles. The highest BCUT2D eigenvalue weighted by Crippen LogP contribution is 2.34. The van der Waals surface area contributed by atoms with Crippen molar-refractivity contribution in [1.82, 2.24) is 9.55 Å². The molecule has 5 nitrogen and oxygen atoms in total. The van der Waals surface area contributed by atoms with Gasteiger partial charge in [-0.3, -0.25) is 4.57 Å². The Kier molecular flexibility index (Phi) is 6.01. The van der Waals surface area contributed by atoms with Gasteiger partial charge in [0.2, 0.25) is 5.88 Å². The number of ether oxygens (including phenoxy) is 1. The number of benzene rings is 1. The van der Waals surface area contributed by atoms with Crippen LogP contribution in [0.3, 0.4) is 0 Å². The minimum atomic E-state index is -0.931. The molecule has 2 aromatic rings. The lowest BCUT2D eigenvalue weighted by molar-refractivity contribution is 0.290. The highest BCUT2D eigenvalue weighted by atomic mass is 19.2. The normalized spacial score (nSPS) is 18.2. The first-order valence-corrected chi connectivity index (χ1v) is 9.79. The van der Waals surface area contributed by atoms with Crippen molar-refractivity contribution in [2.24, 2.45) is 5.92 Å². The number of hydrogen-bond donors (Lipinski definition) is 1. The van der Waals surface area contributed by atoms with Gasteiger partial charge in [-0.15, -0.1) is 0 Å². The van der Waals surface area contributed by atoms with E-state index >= 15 is 0 Å². The van der Waals surface area contributed by atoms with Crippen LogP contribution in [0.25, 0.3) is 0 Å². The molecule has 0 bridgehead atoms. The first kappa shape index (κ1) is 20.3. The lowest BCUT2D eigenvalue weighted by Crippen LogP contribution is -2.38. The van der Waals surface area contributed by atoms with E-state index in [1.54, 1.807) is 10.6 Å². The van der Waals surface area contributed by atoms with Crippen LogP contribution in [0.2, 0.25) is 0 Å². The van der Waals surface area contributed by atoms with E-state index in [1.165, 1.54) is 6.07 Å². The van der Waals surface area contributed by atoms with E-state index in [-0.39, 0.29) is 23.7 Å². The Morgan fingerprint density at radius 3 is 2.71 bits per heavy atom. The summed E-state index contributed by atoms with van der Waals surface area (Å²) in [6.07, 6.45) is 4.03. The molecule has 1 unspecified atom stereocenters. The first-order valence-electron chi connectivity index (χ1n) is 9.79. The number of halogens is 2. The minimum absolute atomic E-state index is 0.000541. The Hall–Kier alpha value is -2.44. The van der Waals surface area contributed by atoms with Crippen molar-refractivity contribution in [2.45, 2.75) is 65.1 Å². The summed E-state index contributed by atoms with van der Waals surface area (Å²) < 4.78 is 33.6. The van der Waals surface area contributed by atoms with Crippen LogP contribution in [0, 0.1) is 17.6 Å². The molecule has 1 aromatic carbocycles. The van der Waals surface area contributed by atoms with Gasteiger partial charge in [0.05, 0.1) is 12.1 Å². The third-order valence-corrected chi connectivity index (χ3v) is 5.14. The molecule has 0 saturated heterocycles. The van der Waals surface area contributed by atoms with Crippen molar-refractivity contribution in [2.75, 3.05) is 5.32 Å². The average molecular weight is 391 g/mol. The van der Waals surface area contributed by atoms with Gasteiger partial charge in [-0.1, -0.05) is 33.3 Å². The number of rotatable bonds is 8. The van der Waals surface area contributed by atoms with Crippen molar-refractivity contribution in [1.29, 1.82) is 0 Å². The van der Waals surface area contributed by atoms with Gasteiger partial charge in [0, 0.05) is 6.07 Å². The number of aromatic nitrogens is 2. The third kappa shape index (κ3) is 4.51. The summed E-state index contributed by atoms with van der Waals surface area (Å²) in [5, 5.41) is 3.53. The zero-order valence-corrected chi connectivity index (χ0v) is 16.6. The minimum Gasteiger partial charge on any atom is -0.473 e. The first-order chi connectivity index (χ1) is 13.3. The summed E-state index contributed by atoms with van der Waals surface area (Å²) in [6, 6.07) is 5.27. The molecule has 0 amide bonds. The average Bonchev–Trinajstić information content (AvgIpc) is 3.01. The van der Waals surface area contributed by atoms with Crippen LogP contribution in [-0.4, -0.2) is 15.1 Å². The Bertz CT molecular complexity index is 898. The van der Waals surface area contributed by atoms with Crippen LogP contribution in [0.4, 0.5) is 14.6 Å². The second-order valence-electron chi connectivity index (χ2n) is 7.97. The van der Waals surface area contributed by atoms with Gasteiger partial charge in [-0.05, 0) is 42.9 Å². The second kappa shape index (κ2) is 8.29. The maximum absolute atomic E-state index is 13.3.